The van der Waals surface area contributed by atoms with Gasteiger partial charge in [-0.1, -0.05) is 121 Å². The molecule has 0 fully saturated rings. The van der Waals surface area contributed by atoms with Crippen molar-refractivity contribution in [1.29, 1.82) is 0 Å². The molecule has 4 aromatic rings. The molecule has 0 bridgehead atoms. The average Bonchev–Trinajstić information content (AvgIpc) is 2.80. The molecule has 0 radical (unpaired) electrons. The third-order valence-electron chi connectivity index (χ3n) is 4.89. The predicted octanol–water partition coefficient (Wildman–Crippen LogP) is 5.77. The van der Waals surface area contributed by atoms with E-state index in [1.165, 1.54) is 21.2 Å². The molecule has 0 aliphatic carbocycles. The van der Waals surface area contributed by atoms with E-state index in [0.717, 1.165) is 6.16 Å². The Morgan fingerprint density at radius 1 is 0.467 bits per heavy atom. The first-order chi connectivity index (χ1) is 14.6. The summed E-state index contributed by atoms with van der Waals surface area (Å²) in [6.07, 6.45) is 0.887. The van der Waals surface area contributed by atoms with E-state index in [1.54, 1.807) is 0 Å². The van der Waals surface area contributed by atoms with Gasteiger partial charge in [-0.15, -0.1) is 0 Å². The number of thiol groups is 2. The zero-order valence-electron chi connectivity index (χ0n) is 16.5. The van der Waals surface area contributed by atoms with Crippen molar-refractivity contribution in [2.24, 2.45) is 0 Å². The van der Waals surface area contributed by atoms with Crippen LogP contribution in [0, 0.1) is 0 Å². The van der Waals surface area contributed by atoms with Crippen LogP contribution in [-0.4, -0.2) is 9.98 Å². The van der Waals surface area contributed by atoms with Crippen molar-refractivity contribution in [2.45, 2.75) is 3.82 Å². The highest BCUT2D eigenvalue weighted by Gasteiger charge is 2.37. The van der Waals surface area contributed by atoms with Crippen LogP contribution in [0.25, 0.3) is 0 Å². The molecule has 30 heavy (non-hydrogen) atoms. The molecule has 0 spiro atoms. The zero-order valence-corrected chi connectivity index (χ0v) is 20.1. The monoisotopic (exact) mass is 462 g/mol. The minimum Gasteiger partial charge on any atom is -0.156 e. The quantitative estimate of drug-likeness (QED) is 0.195. The van der Waals surface area contributed by atoms with Crippen LogP contribution in [0.3, 0.4) is 0 Å². The van der Waals surface area contributed by atoms with Crippen LogP contribution in [0.1, 0.15) is 0 Å². The highest BCUT2D eigenvalue weighted by molar-refractivity contribution is 8.14. The summed E-state index contributed by atoms with van der Waals surface area (Å²) in [5.41, 5.74) is 0. The molecule has 0 amide bonds. The Morgan fingerprint density at radius 3 is 1.10 bits per heavy atom. The molecule has 0 heterocycles. The van der Waals surface area contributed by atoms with Gasteiger partial charge >= 0.3 is 0 Å². The topological polar surface area (TPSA) is 0 Å². The van der Waals surface area contributed by atoms with Crippen molar-refractivity contribution in [2.75, 3.05) is 6.16 Å². The van der Waals surface area contributed by atoms with Gasteiger partial charge in [0.1, 0.15) is 0 Å². The van der Waals surface area contributed by atoms with E-state index >= 15 is 0 Å². The van der Waals surface area contributed by atoms with Crippen LogP contribution in [0.2, 0.25) is 0 Å². The first kappa shape index (κ1) is 21.7. The SMILES string of the molecule is SC(S)(CP(c1ccccc1)c1ccccc1)P(c1ccccc1)c1ccccc1. The first-order valence-corrected chi connectivity index (χ1v) is 13.6. The molecular formula is C26H24P2S2. The van der Waals surface area contributed by atoms with Crippen LogP contribution in [0.5, 0.6) is 0 Å². The Kier molecular flexibility index (Phi) is 7.34. The first-order valence-electron chi connectivity index (χ1n) is 9.88. The molecule has 0 aromatic heterocycles. The fourth-order valence-corrected chi connectivity index (χ4v) is 11.0. The lowest BCUT2D eigenvalue weighted by molar-refractivity contribution is 1.34. The Balaban J connectivity index is 1.77. The summed E-state index contributed by atoms with van der Waals surface area (Å²) in [6.45, 7) is 0. The van der Waals surface area contributed by atoms with Crippen molar-refractivity contribution < 1.29 is 0 Å². The van der Waals surface area contributed by atoms with Gasteiger partial charge in [0.2, 0.25) is 0 Å². The Hall–Kier alpha value is -1.56. The molecule has 0 aliphatic heterocycles. The van der Waals surface area contributed by atoms with Crippen molar-refractivity contribution >= 4 is 62.3 Å². The van der Waals surface area contributed by atoms with Crippen LogP contribution >= 0.6 is 41.1 Å². The van der Waals surface area contributed by atoms with Gasteiger partial charge in [-0.05, 0) is 37.1 Å². The summed E-state index contributed by atoms with van der Waals surface area (Å²) in [5, 5.41) is 5.34. The molecule has 4 aromatic carbocycles. The van der Waals surface area contributed by atoms with Gasteiger partial charge in [-0.2, -0.15) is 25.3 Å². The molecule has 0 saturated heterocycles. The maximum atomic E-state index is 5.25. The van der Waals surface area contributed by atoms with Crippen LogP contribution < -0.4 is 21.2 Å². The second-order valence-corrected chi connectivity index (χ2v) is 14.3. The normalized spacial score (nSPS) is 11.7. The second kappa shape index (κ2) is 10.2. The molecule has 0 unspecified atom stereocenters. The van der Waals surface area contributed by atoms with Crippen LogP contribution in [0.15, 0.2) is 121 Å². The van der Waals surface area contributed by atoms with Crippen molar-refractivity contribution in [1.82, 2.24) is 0 Å². The van der Waals surface area contributed by atoms with Gasteiger partial charge in [0.15, 0.2) is 0 Å². The second-order valence-electron chi connectivity index (χ2n) is 7.04. The molecular weight excluding hydrogens is 438 g/mol. The summed E-state index contributed by atoms with van der Waals surface area (Å²) in [7, 11) is -1.35. The van der Waals surface area contributed by atoms with Gasteiger partial charge < -0.3 is 0 Å². The standard InChI is InChI=1S/C26H24P2S2/c29-26(30,28(24-17-9-3-10-18-24)25-19-11-4-12-20-25)21-27(22-13-5-1-6-14-22)23-15-7-2-8-16-23/h1-20,29-30H,21H2. The van der Waals surface area contributed by atoms with Gasteiger partial charge in [-0.3, -0.25) is 0 Å². The molecule has 0 saturated carbocycles. The van der Waals surface area contributed by atoms with Gasteiger partial charge in [0.05, 0.1) is 3.82 Å². The molecule has 0 atom stereocenters. The number of benzene rings is 4. The van der Waals surface area contributed by atoms with E-state index < -0.39 is 19.7 Å². The lowest BCUT2D eigenvalue weighted by atomic mass is 10.4. The van der Waals surface area contributed by atoms with E-state index in [0.29, 0.717) is 0 Å². The lowest BCUT2D eigenvalue weighted by Gasteiger charge is -2.37. The highest BCUT2D eigenvalue weighted by Crippen LogP contribution is 2.58. The molecule has 4 rings (SSSR count). The smallest absolute Gasteiger partial charge is 0.0873 e. The van der Waals surface area contributed by atoms with Crippen molar-refractivity contribution in [3.8, 4) is 0 Å². The lowest BCUT2D eigenvalue weighted by Crippen LogP contribution is -2.31. The van der Waals surface area contributed by atoms with Crippen LogP contribution in [-0.2, 0) is 0 Å². The highest BCUT2D eigenvalue weighted by atomic mass is 32.2. The largest absolute Gasteiger partial charge is 0.156 e. The van der Waals surface area contributed by atoms with Gasteiger partial charge in [-0.25, -0.2) is 0 Å². The molecule has 150 valence electrons. The van der Waals surface area contributed by atoms with E-state index in [1.807, 2.05) is 0 Å². The number of rotatable bonds is 7. The molecule has 0 aliphatic rings. The van der Waals surface area contributed by atoms with Crippen molar-refractivity contribution in [3.63, 3.8) is 0 Å². The van der Waals surface area contributed by atoms with Crippen molar-refractivity contribution in [3.05, 3.63) is 121 Å². The summed E-state index contributed by atoms with van der Waals surface area (Å²) in [4.78, 5) is 0. The summed E-state index contributed by atoms with van der Waals surface area (Å²) in [5.74, 6) is 0. The third kappa shape index (κ3) is 5.19. The van der Waals surface area contributed by atoms with Gasteiger partial charge in [0, 0.05) is 6.16 Å². The van der Waals surface area contributed by atoms with E-state index in [-0.39, 0.29) is 0 Å². The molecule has 0 nitrogen and oxygen atoms in total. The minimum absolute atomic E-state index is 0.463. The number of hydrogen-bond donors (Lipinski definition) is 2. The summed E-state index contributed by atoms with van der Waals surface area (Å²) < 4.78 is -0.463. The average molecular weight is 463 g/mol. The molecule has 0 N–H and O–H groups in total. The fraction of sp³-hybridized carbons (Fsp3) is 0.0769. The third-order valence-corrected chi connectivity index (χ3v) is 12.3. The zero-order chi connectivity index (χ0) is 20.8. The Bertz CT molecular complexity index is 960. The Morgan fingerprint density at radius 2 is 0.767 bits per heavy atom. The van der Waals surface area contributed by atoms with E-state index in [2.05, 4.69) is 121 Å². The van der Waals surface area contributed by atoms with E-state index in [9.17, 15) is 0 Å². The summed E-state index contributed by atoms with van der Waals surface area (Å²) >= 11 is 10.5. The minimum atomic E-state index is -0.763. The van der Waals surface area contributed by atoms with Crippen LogP contribution in [0.4, 0.5) is 0 Å². The fourth-order valence-electron chi connectivity index (χ4n) is 3.55. The van der Waals surface area contributed by atoms with E-state index in [4.69, 9.17) is 25.3 Å². The Labute approximate surface area is 193 Å². The maximum absolute atomic E-state index is 5.25. The predicted molar refractivity (Wildman–Crippen MR) is 144 cm³/mol. The summed E-state index contributed by atoms with van der Waals surface area (Å²) in [6, 6.07) is 43.1. The maximum Gasteiger partial charge on any atom is 0.0873 e. The van der Waals surface area contributed by atoms with Gasteiger partial charge in [0.25, 0.3) is 0 Å². The molecule has 4 heteroatoms. The number of hydrogen-bond acceptors (Lipinski definition) is 2.